The number of likely N-dealkylation sites (N-methyl/N-ethyl adjacent to an activating group) is 1. The maximum absolute atomic E-state index is 13.6. The number of halogens is 6. The van der Waals surface area contributed by atoms with Gasteiger partial charge in [0.1, 0.15) is 11.8 Å². The van der Waals surface area contributed by atoms with Crippen molar-refractivity contribution in [1.82, 2.24) is 20.6 Å². The number of primary amides is 1. The van der Waals surface area contributed by atoms with E-state index in [1.807, 2.05) is 0 Å². The highest BCUT2D eigenvalue weighted by Gasteiger charge is 2.40. The highest BCUT2D eigenvalue weighted by atomic mass is 19.4. The summed E-state index contributed by atoms with van der Waals surface area (Å²) < 4.78 is 85.1. The summed E-state index contributed by atoms with van der Waals surface area (Å²) >= 11 is 0. The van der Waals surface area contributed by atoms with E-state index in [2.05, 4.69) is 32.5 Å². The molecule has 0 fully saturated rings. The van der Waals surface area contributed by atoms with Gasteiger partial charge in [-0.3, -0.25) is 4.79 Å². The molecule has 0 aliphatic heterocycles. The molecule has 0 aliphatic rings. The van der Waals surface area contributed by atoms with E-state index in [-0.39, 0.29) is 34.9 Å². The molecular formula is C22H22F6N6O2. The van der Waals surface area contributed by atoms with E-state index in [1.54, 1.807) is 0 Å². The lowest BCUT2D eigenvalue weighted by Gasteiger charge is -2.23. The molecule has 36 heavy (non-hydrogen) atoms. The van der Waals surface area contributed by atoms with Crippen molar-refractivity contribution in [2.45, 2.75) is 24.9 Å². The van der Waals surface area contributed by atoms with Gasteiger partial charge in [0.05, 0.1) is 35.0 Å². The van der Waals surface area contributed by atoms with Crippen LogP contribution in [0.15, 0.2) is 42.6 Å². The molecule has 1 amide bonds. The van der Waals surface area contributed by atoms with Gasteiger partial charge >= 0.3 is 12.4 Å². The zero-order valence-electron chi connectivity index (χ0n) is 19.0. The van der Waals surface area contributed by atoms with Crippen LogP contribution in [0.1, 0.15) is 21.5 Å². The molecule has 0 saturated carbocycles. The van der Waals surface area contributed by atoms with Gasteiger partial charge < -0.3 is 31.4 Å². The van der Waals surface area contributed by atoms with Crippen LogP contribution in [0.25, 0.3) is 11.0 Å². The topological polar surface area (TPSA) is 117 Å². The number of nitrogens with two attached hydrogens (primary N) is 1. The van der Waals surface area contributed by atoms with Gasteiger partial charge in [-0.15, -0.1) is 0 Å². The standard InChI is InChI=1S/C22H22F6N6O2/c1-10(18(30-2)22(26,27)28)31-9-11-4-5-13(21(23,24)25)14(6-11)32-20-33-15-7-12(19(29)35)17(36-3)8-16(15)34-20/h4-8,18,30-31H,1,9H2,2-3H3,(H2,29,35)(H2,32,33,34). The second-order valence-corrected chi connectivity index (χ2v) is 7.66. The van der Waals surface area contributed by atoms with E-state index in [9.17, 15) is 31.1 Å². The van der Waals surface area contributed by atoms with Crippen molar-refractivity contribution in [3.63, 3.8) is 0 Å². The summed E-state index contributed by atoms with van der Waals surface area (Å²) in [7, 11) is 2.43. The minimum absolute atomic E-state index is 0.0446. The fourth-order valence-corrected chi connectivity index (χ4v) is 3.49. The van der Waals surface area contributed by atoms with E-state index in [1.165, 1.54) is 19.2 Å². The van der Waals surface area contributed by atoms with Crippen LogP contribution >= 0.6 is 0 Å². The van der Waals surface area contributed by atoms with Crippen molar-refractivity contribution < 1.29 is 35.9 Å². The number of amides is 1. The summed E-state index contributed by atoms with van der Waals surface area (Å²) in [6.45, 7) is 3.14. The van der Waals surface area contributed by atoms with Gasteiger partial charge in [0.15, 0.2) is 0 Å². The van der Waals surface area contributed by atoms with Crippen molar-refractivity contribution in [1.29, 1.82) is 0 Å². The molecular weight excluding hydrogens is 494 g/mol. The number of benzene rings is 2. The van der Waals surface area contributed by atoms with Crippen LogP contribution < -0.4 is 26.4 Å². The molecule has 0 saturated heterocycles. The number of nitrogens with one attached hydrogen (secondary N) is 4. The van der Waals surface area contributed by atoms with Crippen molar-refractivity contribution in [3.8, 4) is 5.75 Å². The van der Waals surface area contributed by atoms with E-state index >= 15 is 0 Å². The van der Waals surface area contributed by atoms with Gasteiger partial charge in [-0.05, 0) is 30.8 Å². The Labute approximate surface area is 200 Å². The lowest BCUT2D eigenvalue weighted by molar-refractivity contribution is -0.146. The average molecular weight is 516 g/mol. The van der Waals surface area contributed by atoms with E-state index < -0.39 is 41.2 Å². The lowest BCUT2D eigenvalue weighted by Crippen LogP contribution is -2.45. The third kappa shape index (κ3) is 5.82. The minimum Gasteiger partial charge on any atom is -0.496 e. The Balaban J connectivity index is 1.91. The van der Waals surface area contributed by atoms with Crippen LogP contribution in [0.5, 0.6) is 5.75 Å². The van der Waals surface area contributed by atoms with E-state index in [4.69, 9.17) is 10.5 Å². The van der Waals surface area contributed by atoms with Crippen LogP contribution in [0.4, 0.5) is 38.0 Å². The molecule has 1 heterocycles. The molecule has 1 aromatic heterocycles. The number of aromatic amines is 1. The molecule has 2 aromatic carbocycles. The molecule has 0 bridgehead atoms. The van der Waals surface area contributed by atoms with Gasteiger partial charge in [-0.1, -0.05) is 12.6 Å². The number of imidazole rings is 1. The zero-order valence-corrected chi connectivity index (χ0v) is 19.0. The Morgan fingerprint density at radius 1 is 1.19 bits per heavy atom. The van der Waals surface area contributed by atoms with Crippen molar-refractivity contribution >= 4 is 28.6 Å². The minimum atomic E-state index is -4.74. The molecule has 8 nitrogen and oxygen atoms in total. The number of fused-ring (bicyclic) bond motifs is 1. The zero-order chi connectivity index (χ0) is 26.8. The third-order valence-corrected chi connectivity index (χ3v) is 5.20. The number of H-pyrrole nitrogens is 1. The molecule has 3 aromatic rings. The maximum atomic E-state index is 13.6. The first-order valence-corrected chi connectivity index (χ1v) is 10.3. The van der Waals surface area contributed by atoms with Gasteiger partial charge in [0, 0.05) is 18.3 Å². The summed E-state index contributed by atoms with van der Waals surface area (Å²) in [5.41, 5.74) is 4.40. The monoisotopic (exact) mass is 516 g/mol. The summed E-state index contributed by atoms with van der Waals surface area (Å²) in [5, 5.41) is 7.13. The number of carbonyl (C=O) groups excluding carboxylic acids is 1. The number of hydrogen-bond donors (Lipinski definition) is 5. The molecule has 1 unspecified atom stereocenters. The lowest BCUT2D eigenvalue weighted by atomic mass is 10.1. The predicted octanol–water partition coefficient (Wildman–Crippen LogP) is 4.19. The van der Waals surface area contributed by atoms with Crippen LogP contribution in [0.2, 0.25) is 0 Å². The number of anilines is 2. The Hall–Kier alpha value is -3.94. The molecule has 194 valence electrons. The first-order valence-electron chi connectivity index (χ1n) is 10.3. The summed E-state index contributed by atoms with van der Waals surface area (Å²) in [4.78, 5) is 18.6. The third-order valence-electron chi connectivity index (χ3n) is 5.20. The second kappa shape index (κ2) is 9.97. The summed E-state index contributed by atoms with van der Waals surface area (Å²) in [5.74, 6) is -0.720. The molecule has 6 N–H and O–H groups in total. The molecule has 0 radical (unpaired) electrons. The predicted molar refractivity (Wildman–Crippen MR) is 121 cm³/mol. The van der Waals surface area contributed by atoms with Gasteiger partial charge in [0.25, 0.3) is 5.91 Å². The SMILES string of the molecule is C=C(NCc1ccc(C(F)(F)F)c(Nc2nc3cc(OC)c(C(N)=O)cc3[nH]2)c1)C(NC)C(F)(F)F. The highest BCUT2D eigenvalue weighted by molar-refractivity contribution is 5.99. The summed E-state index contributed by atoms with van der Waals surface area (Å²) in [6.07, 6.45) is -9.34. The summed E-state index contributed by atoms with van der Waals surface area (Å²) in [6, 6.07) is 3.78. The molecule has 0 aliphatic carbocycles. The highest BCUT2D eigenvalue weighted by Crippen LogP contribution is 2.37. The number of carbonyl (C=O) groups is 1. The number of hydrogen-bond acceptors (Lipinski definition) is 6. The maximum Gasteiger partial charge on any atom is 0.418 e. The molecule has 0 spiro atoms. The normalized spacial score (nSPS) is 12.9. The van der Waals surface area contributed by atoms with Crippen LogP contribution in [-0.4, -0.2) is 42.3 Å². The van der Waals surface area contributed by atoms with Crippen LogP contribution in [0.3, 0.4) is 0 Å². The molecule has 14 heteroatoms. The van der Waals surface area contributed by atoms with E-state index in [0.717, 1.165) is 25.2 Å². The van der Waals surface area contributed by atoms with Gasteiger partial charge in [0.2, 0.25) is 5.95 Å². The van der Waals surface area contributed by atoms with Gasteiger partial charge in [-0.25, -0.2) is 4.98 Å². The Kier molecular flexibility index (Phi) is 7.38. The van der Waals surface area contributed by atoms with Crippen molar-refractivity contribution in [3.05, 3.63) is 59.3 Å². The number of methoxy groups -OCH3 is 1. The fourth-order valence-electron chi connectivity index (χ4n) is 3.49. The second-order valence-electron chi connectivity index (χ2n) is 7.66. The van der Waals surface area contributed by atoms with Crippen LogP contribution in [-0.2, 0) is 12.7 Å². The largest absolute Gasteiger partial charge is 0.496 e. The van der Waals surface area contributed by atoms with Crippen molar-refractivity contribution in [2.24, 2.45) is 5.73 Å². The quantitative estimate of drug-likeness (QED) is 0.273. The fraction of sp³-hybridized carbons (Fsp3) is 0.273. The first-order chi connectivity index (χ1) is 16.7. The van der Waals surface area contributed by atoms with Gasteiger partial charge in [-0.2, -0.15) is 26.3 Å². The smallest absolute Gasteiger partial charge is 0.418 e. The van der Waals surface area contributed by atoms with Crippen molar-refractivity contribution in [2.75, 3.05) is 19.5 Å². The Bertz CT molecular complexity index is 1280. The van der Waals surface area contributed by atoms with E-state index in [0.29, 0.717) is 5.52 Å². The number of ether oxygens (including phenoxy) is 1. The molecule has 1 atom stereocenters. The Morgan fingerprint density at radius 2 is 1.89 bits per heavy atom. The first kappa shape index (κ1) is 26.7. The number of nitrogens with zero attached hydrogens (tertiary/aromatic N) is 1. The number of aromatic nitrogens is 2. The average Bonchev–Trinajstić information content (AvgIpc) is 3.16. The number of rotatable bonds is 9. The Morgan fingerprint density at radius 3 is 2.44 bits per heavy atom. The number of alkyl halides is 6. The molecule has 3 rings (SSSR count). The van der Waals surface area contributed by atoms with Crippen LogP contribution in [0, 0.1) is 0 Å².